The Morgan fingerprint density at radius 1 is 1.41 bits per heavy atom. The molecule has 0 aliphatic carbocycles. The van der Waals surface area contributed by atoms with Gasteiger partial charge >= 0.3 is 0 Å². The van der Waals surface area contributed by atoms with E-state index in [1.807, 2.05) is 13.8 Å². The molecule has 4 N–H and O–H groups in total. The molecular formula is C12H18ClN3O. The molecule has 0 radical (unpaired) electrons. The van der Waals surface area contributed by atoms with Gasteiger partial charge in [0.05, 0.1) is 22.0 Å². The molecule has 0 aliphatic heterocycles. The molecule has 4 nitrogen and oxygen atoms in total. The SMILES string of the molecule is CCCNC(=O)c1cc(N)c(NCC)cc1Cl. The number of carbonyl (C=O) groups is 1. The predicted octanol–water partition coefficient (Wildman–Crippen LogP) is 2.49. The molecule has 0 unspecified atom stereocenters. The maximum absolute atomic E-state index is 11.8. The van der Waals surface area contributed by atoms with Gasteiger partial charge in [0, 0.05) is 13.1 Å². The highest BCUT2D eigenvalue weighted by atomic mass is 35.5. The molecule has 1 rings (SSSR count). The van der Waals surface area contributed by atoms with Gasteiger partial charge in [-0.3, -0.25) is 4.79 Å². The summed E-state index contributed by atoms with van der Waals surface area (Å²) in [4.78, 5) is 11.8. The van der Waals surface area contributed by atoms with E-state index in [0.29, 0.717) is 22.8 Å². The molecular weight excluding hydrogens is 238 g/mol. The summed E-state index contributed by atoms with van der Waals surface area (Å²) in [7, 11) is 0. The van der Waals surface area contributed by atoms with Crippen molar-refractivity contribution in [1.82, 2.24) is 5.32 Å². The number of nitrogen functional groups attached to an aromatic ring is 1. The fraction of sp³-hybridized carbons (Fsp3) is 0.417. The number of amides is 1. The van der Waals surface area contributed by atoms with Crippen LogP contribution in [0.2, 0.25) is 5.02 Å². The molecule has 0 aromatic heterocycles. The van der Waals surface area contributed by atoms with Crippen molar-refractivity contribution in [1.29, 1.82) is 0 Å². The number of nitrogens with one attached hydrogen (secondary N) is 2. The third-order valence-corrected chi connectivity index (χ3v) is 2.60. The van der Waals surface area contributed by atoms with Crippen molar-refractivity contribution in [3.05, 3.63) is 22.7 Å². The average molecular weight is 256 g/mol. The van der Waals surface area contributed by atoms with Crippen LogP contribution in [0.4, 0.5) is 11.4 Å². The number of carbonyl (C=O) groups excluding carboxylic acids is 1. The van der Waals surface area contributed by atoms with Crippen molar-refractivity contribution < 1.29 is 4.79 Å². The second-order valence-electron chi connectivity index (χ2n) is 3.71. The molecule has 5 heteroatoms. The van der Waals surface area contributed by atoms with Crippen LogP contribution in [-0.2, 0) is 0 Å². The van der Waals surface area contributed by atoms with Crippen LogP contribution in [0.1, 0.15) is 30.6 Å². The first kappa shape index (κ1) is 13.6. The molecule has 1 aromatic carbocycles. The minimum atomic E-state index is -0.188. The average Bonchev–Trinajstić information content (AvgIpc) is 2.30. The molecule has 0 aliphatic rings. The van der Waals surface area contributed by atoms with Crippen molar-refractivity contribution in [2.75, 3.05) is 24.1 Å². The fourth-order valence-electron chi connectivity index (χ4n) is 1.44. The zero-order valence-electron chi connectivity index (χ0n) is 10.1. The van der Waals surface area contributed by atoms with Gasteiger partial charge in [0.25, 0.3) is 5.91 Å². The Bertz CT molecular complexity index is 407. The summed E-state index contributed by atoms with van der Waals surface area (Å²) in [5.74, 6) is -0.188. The molecule has 1 aromatic rings. The lowest BCUT2D eigenvalue weighted by molar-refractivity contribution is 0.0954. The third kappa shape index (κ3) is 3.53. The van der Waals surface area contributed by atoms with E-state index in [9.17, 15) is 4.79 Å². The van der Waals surface area contributed by atoms with Gasteiger partial charge in [0.15, 0.2) is 0 Å². The van der Waals surface area contributed by atoms with Gasteiger partial charge < -0.3 is 16.4 Å². The molecule has 0 saturated carbocycles. The van der Waals surface area contributed by atoms with E-state index in [1.165, 1.54) is 0 Å². The first-order valence-corrected chi connectivity index (χ1v) is 6.09. The van der Waals surface area contributed by atoms with Crippen LogP contribution < -0.4 is 16.4 Å². The molecule has 0 atom stereocenters. The second kappa shape index (κ2) is 6.35. The highest BCUT2D eigenvalue weighted by Crippen LogP contribution is 2.27. The molecule has 1 amide bonds. The molecule has 94 valence electrons. The van der Waals surface area contributed by atoms with E-state index in [0.717, 1.165) is 18.7 Å². The lowest BCUT2D eigenvalue weighted by atomic mass is 10.1. The number of rotatable bonds is 5. The standard InChI is InChI=1S/C12H18ClN3O/c1-3-5-16-12(17)8-6-10(14)11(15-4-2)7-9(8)13/h6-7,15H,3-5,14H2,1-2H3,(H,16,17). The summed E-state index contributed by atoms with van der Waals surface area (Å²) in [6.45, 7) is 5.34. The predicted molar refractivity (Wildman–Crippen MR) is 72.7 cm³/mol. The molecule has 0 heterocycles. The Hall–Kier alpha value is -1.42. The fourth-order valence-corrected chi connectivity index (χ4v) is 1.69. The number of halogens is 1. The van der Waals surface area contributed by atoms with E-state index in [-0.39, 0.29) is 5.91 Å². The molecule has 0 spiro atoms. The maximum Gasteiger partial charge on any atom is 0.252 e. The zero-order valence-corrected chi connectivity index (χ0v) is 10.9. The van der Waals surface area contributed by atoms with Crippen molar-refractivity contribution in [3.63, 3.8) is 0 Å². The lowest BCUT2D eigenvalue weighted by Gasteiger charge is -2.11. The summed E-state index contributed by atoms with van der Waals surface area (Å²) < 4.78 is 0. The minimum absolute atomic E-state index is 0.188. The van der Waals surface area contributed by atoms with Gasteiger partial charge in [-0.1, -0.05) is 18.5 Å². The second-order valence-corrected chi connectivity index (χ2v) is 4.11. The van der Waals surface area contributed by atoms with Crippen LogP contribution >= 0.6 is 11.6 Å². The number of hydrogen-bond donors (Lipinski definition) is 3. The van der Waals surface area contributed by atoms with Crippen molar-refractivity contribution in [3.8, 4) is 0 Å². The Morgan fingerprint density at radius 2 is 2.12 bits per heavy atom. The molecule has 17 heavy (non-hydrogen) atoms. The maximum atomic E-state index is 11.8. The lowest BCUT2D eigenvalue weighted by Crippen LogP contribution is -2.24. The summed E-state index contributed by atoms with van der Waals surface area (Å²) >= 11 is 6.05. The Balaban J connectivity index is 2.94. The van der Waals surface area contributed by atoms with Crippen molar-refractivity contribution in [2.45, 2.75) is 20.3 Å². The van der Waals surface area contributed by atoms with Crippen LogP contribution in [0.5, 0.6) is 0 Å². The van der Waals surface area contributed by atoms with Gasteiger partial charge in [-0.05, 0) is 25.5 Å². The summed E-state index contributed by atoms with van der Waals surface area (Å²) in [5, 5.41) is 6.26. The van der Waals surface area contributed by atoms with Crippen LogP contribution in [-0.4, -0.2) is 19.0 Å². The molecule has 0 fully saturated rings. The van der Waals surface area contributed by atoms with Crippen LogP contribution in [0.25, 0.3) is 0 Å². The largest absolute Gasteiger partial charge is 0.397 e. The highest BCUT2D eigenvalue weighted by Gasteiger charge is 2.12. The summed E-state index contributed by atoms with van der Waals surface area (Å²) in [6.07, 6.45) is 0.883. The van der Waals surface area contributed by atoms with Crippen LogP contribution in [0, 0.1) is 0 Å². The molecule has 0 bridgehead atoms. The zero-order chi connectivity index (χ0) is 12.8. The van der Waals surface area contributed by atoms with E-state index < -0.39 is 0 Å². The van der Waals surface area contributed by atoms with E-state index in [2.05, 4.69) is 10.6 Å². The highest BCUT2D eigenvalue weighted by molar-refractivity contribution is 6.34. The van der Waals surface area contributed by atoms with Crippen LogP contribution in [0.15, 0.2) is 12.1 Å². The van der Waals surface area contributed by atoms with Gasteiger partial charge in [0.1, 0.15) is 0 Å². The topological polar surface area (TPSA) is 67.2 Å². The van der Waals surface area contributed by atoms with Gasteiger partial charge in [-0.25, -0.2) is 0 Å². The third-order valence-electron chi connectivity index (χ3n) is 2.29. The first-order valence-electron chi connectivity index (χ1n) is 5.71. The number of hydrogen-bond acceptors (Lipinski definition) is 3. The Morgan fingerprint density at radius 3 is 2.71 bits per heavy atom. The van der Waals surface area contributed by atoms with E-state index in [4.69, 9.17) is 17.3 Å². The van der Waals surface area contributed by atoms with Crippen molar-refractivity contribution in [2.24, 2.45) is 0 Å². The normalized spacial score (nSPS) is 10.1. The van der Waals surface area contributed by atoms with Gasteiger partial charge in [-0.2, -0.15) is 0 Å². The van der Waals surface area contributed by atoms with Gasteiger partial charge in [0.2, 0.25) is 0 Å². The monoisotopic (exact) mass is 255 g/mol. The minimum Gasteiger partial charge on any atom is -0.397 e. The number of anilines is 2. The van der Waals surface area contributed by atoms with Crippen LogP contribution in [0.3, 0.4) is 0 Å². The van der Waals surface area contributed by atoms with Crippen molar-refractivity contribution >= 4 is 28.9 Å². The van der Waals surface area contributed by atoms with E-state index in [1.54, 1.807) is 12.1 Å². The van der Waals surface area contributed by atoms with Gasteiger partial charge in [-0.15, -0.1) is 0 Å². The first-order chi connectivity index (χ1) is 8.10. The smallest absolute Gasteiger partial charge is 0.252 e. The Kier molecular flexibility index (Phi) is 5.10. The quantitative estimate of drug-likeness (QED) is 0.708. The number of benzene rings is 1. The van der Waals surface area contributed by atoms with E-state index >= 15 is 0 Å². The Labute approximate surface area is 107 Å². The summed E-state index contributed by atoms with van der Waals surface area (Å²) in [6, 6.07) is 3.28. The molecule has 0 saturated heterocycles. The summed E-state index contributed by atoms with van der Waals surface area (Å²) in [5.41, 5.74) is 7.54. The number of nitrogens with two attached hydrogens (primary N) is 1.